The third-order valence-corrected chi connectivity index (χ3v) is 3.02. The first-order valence-electron chi connectivity index (χ1n) is 6.22. The second-order valence-corrected chi connectivity index (χ2v) is 4.48. The van der Waals surface area contributed by atoms with Crippen molar-refractivity contribution in [3.05, 3.63) is 0 Å². The van der Waals surface area contributed by atoms with Gasteiger partial charge in [-0.05, 0) is 6.42 Å². The summed E-state index contributed by atoms with van der Waals surface area (Å²) in [4.78, 5) is 11.0. The van der Waals surface area contributed by atoms with E-state index in [1.54, 1.807) is 0 Å². The summed E-state index contributed by atoms with van der Waals surface area (Å²) in [6.45, 7) is 3.29. The molecule has 6 heteroatoms. The summed E-state index contributed by atoms with van der Waals surface area (Å²) in [5.41, 5.74) is 0. The maximum atomic E-state index is 11.0. The maximum absolute atomic E-state index is 11.0. The van der Waals surface area contributed by atoms with Gasteiger partial charge in [-0.2, -0.15) is 0 Å². The Hall–Kier alpha value is -0.690. The van der Waals surface area contributed by atoms with Crippen LogP contribution in [0.15, 0.2) is 0 Å². The molecule has 0 unspecified atom stereocenters. The quantitative estimate of drug-likeness (QED) is 0.689. The molecule has 1 aliphatic heterocycles. The van der Waals surface area contributed by atoms with Crippen LogP contribution in [0.1, 0.15) is 33.1 Å². The number of carbonyl (C=O) groups excluding carboxylic acids is 1. The van der Waals surface area contributed by atoms with Crippen LogP contribution in [0.4, 0.5) is 0 Å². The van der Waals surface area contributed by atoms with Gasteiger partial charge in [0.1, 0.15) is 18.3 Å². The molecule has 0 aromatic rings. The van der Waals surface area contributed by atoms with Crippen LogP contribution in [-0.2, 0) is 19.0 Å². The first-order valence-corrected chi connectivity index (χ1v) is 6.22. The summed E-state index contributed by atoms with van der Waals surface area (Å²) in [7, 11) is 1.39. The highest BCUT2D eigenvalue weighted by molar-refractivity contribution is 5.66. The van der Waals surface area contributed by atoms with Crippen LogP contribution in [0, 0.1) is 0 Å². The molecule has 1 heterocycles. The first kappa shape index (κ1) is 15.4. The van der Waals surface area contributed by atoms with Crippen molar-refractivity contribution in [2.75, 3.05) is 7.11 Å². The van der Waals surface area contributed by atoms with Crippen LogP contribution in [0.2, 0.25) is 0 Å². The van der Waals surface area contributed by atoms with Crippen molar-refractivity contribution in [2.24, 2.45) is 0 Å². The summed E-state index contributed by atoms with van der Waals surface area (Å²) in [5.74, 6) is -0.507. The Kier molecular flexibility index (Phi) is 6.01. The lowest BCUT2D eigenvalue weighted by atomic mass is 9.95. The lowest BCUT2D eigenvalue weighted by molar-refractivity contribution is -0.293. The first-order chi connectivity index (χ1) is 8.51. The molecule has 0 bridgehead atoms. The third kappa shape index (κ3) is 3.65. The average molecular weight is 262 g/mol. The molecule has 1 saturated heterocycles. The maximum Gasteiger partial charge on any atom is 0.303 e. The Morgan fingerprint density at radius 2 is 2.00 bits per heavy atom. The largest absolute Gasteiger partial charge is 0.457 e. The van der Waals surface area contributed by atoms with Gasteiger partial charge in [-0.15, -0.1) is 0 Å². The zero-order chi connectivity index (χ0) is 13.7. The Balaban J connectivity index is 2.76. The lowest BCUT2D eigenvalue weighted by Crippen LogP contribution is -2.59. The number of carbonyl (C=O) groups is 1. The van der Waals surface area contributed by atoms with Crippen molar-refractivity contribution in [1.82, 2.24) is 0 Å². The highest BCUT2D eigenvalue weighted by Crippen LogP contribution is 2.27. The molecule has 106 valence electrons. The van der Waals surface area contributed by atoms with E-state index in [4.69, 9.17) is 14.2 Å². The number of esters is 1. The minimum atomic E-state index is -1.22. The molecule has 1 fully saturated rings. The summed E-state index contributed by atoms with van der Waals surface area (Å²) >= 11 is 0. The fraction of sp³-hybridized carbons (Fsp3) is 0.917. The zero-order valence-corrected chi connectivity index (χ0v) is 11.0. The van der Waals surface area contributed by atoms with Gasteiger partial charge in [-0.1, -0.05) is 19.8 Å². The summed E-state index contributed by atoms with van der Waals surface area (Å²) in [6.07, 6.45) is -2.16. The molecule has 0 aliphatic carbocycles. The van der Waals surface area contributed by atoms with E-state index in [0.29, 0.717) is 6.42 Å². The van der Waals surface area contributed by atoms with Crippen LogP contribution in [0.25, 0.3) is 0 Å². The molecule has 5 atom stereocenters. The number of aliphatic hydroxyl groups excluding tert-OH is 2. The second kappa shape index (κ2) is 7.04. The van der Waals surface area contributed by atoms with Gasteiger partial charge >= 0.3 is 5.97 Å². The van der Waals surface area contributed by atoms with Crippen molar-refractivity contribution in [3.8, 4) is 0 Å². The van der Waals surface area contributed by atoms with Gasteiger partial charge in [0.2, 0.25) is 0 Å². The number of unbranched alkanes of at least 4 members (excludes halogenated alkanes) is 1. The molecule has 0 saturated carbocycles. The average Bonchev–Trinajstić information content (AvgIpc) is 2.33. The topological polar surface area (TPSA) is 85.2 Å². The van der Waals surface area contributed by atoms with Crippen molar-refractivity contribution < 1.29 is 29.2 Å². The minimum absolute atomic E-state index is 0.461. The molecular formula is C12H22O6. The molecule has 0 aromatic carbocycles. The lowest BCUT2D eigenvalue weighted by Gasteiger charge is -2.41. The molecule has 1 aliphatic rings. The molecule has 0 aromatic heterocycles. The number of hydrogen-bond acceptors (Lipinski definition) is 6. The van der Waals surface area contributed by atoms with Crippen LogP contribution in [0.3, 0.4) is 0 Å². The van der Waals surface area contributed by atoms with Crippen molar-refractivity contribution >= 4 is 5.97 Å². The van der Waals surface area contributed by atoms with Crippen molar-refractivity contribution in [1.29, 1.82) is 0 Å². The standard InChI is InChI=1S/C12H22O6/c1-4-5-6-8-11(17-7(2)13)9(14)10(15)12(16-3)18-8/h8-12,14-15H,4-6H2,1-3H3/t8-,9-,10+,11+,12+/m1/s1. The fourth-order valence-corrected chi connectivity index (χ4v) is 2.08. The number of hydrogen-bond donors (Lipinski definition) is 2. The molecule has 2 N–H and O–H groups in total. The fourth-order valence-electron chi connectivity index (χ4n) is 2.08. The van der Waals surface area contributed by atoms with E-state index in [-0.39, 0.29) is 0 Å². The third-order valence-electron chi connectivity index (χ3n) is 3.02. The van der Waals surface area contributed by atoms with Gasteiger partial charge in [-0.3, -0.25) is 4.79 Å². The number of aliphatic hydroxyl groups is 2. The van der Waals surface area contributed by atoms with Gasteiger partial charge in [0, 0.05) is 14.0 Å². The predicted molar refractivity (Wildman–Crippen MR) is 62.8 cm³/mol. The van der Waals surface area contributed by atoms with E-state index in [0.717, 1.165) is 12.8 Å². The smallest absolute Gasteiger partial charge is 0.303 e. The minimum Gasteiger partial charge on any atom is -0.457 e. The Morgan fingerprint density at radius 1 is 1.33 bits per heavy atom. The number of rotatable bonds is 5. The monoisotopic (exact) mass is 262 g/mol. The summed E-state index contributed by atoms with van der Waals surface area (Å²) in [5, 5.41) is 19.7. The van der Waals surface area contributed by atoms with Gasteiger partial charge in [-0.25, -0.2) is 0 Å². The molecule has 0 amide bonds. The van der Waals surface area contributed by atoms with Crippen LogP contribution in [0.5, 0.6) is 0 Å². The van der Waals surface area contributed by atoms with E-state index < -0.39 is 36.7 Å². The highest BCUT2D eigenvalue weighted by atomic mass is 16.7. The molecule has 0 radical (unpaired) electrons. The SMILES string of the molecule is CCCC[C@H]1O[C@H](OC)[C@@H](O)[C@@H](O)[C@H]1OC(C)=O. The van der Waals surface area contributed by atoms with Crippen molar-refractivity contribution in [3.63, 3.8) is 0 Å². The Labute approximate surface area is 107 Å². The molecular weight excluding hydrogens is 240 g/mol. The number of ether oxygens (including phenoxy) is 3. The molecule has 6 nitrogen and oxygen atoms in total. The predicted octanol–water partition coefficient (Wildman–Crippen LogP) is 0.201. The zero-order valence-electron chi connectivity index (χ0n) is 11.0. The van der Waals surface area contributed by atoms with Gasteiger partial charge in [0.05, 0.1) is 0 Å². The molecule has 0 spiro atoms. The number of methoxy groups -OCH3 is 1. The Morgan fingerprint density at radius 3 is 2.50 bits per heavy atom. The normalized spacial score (nSPS) is 36.4. The van der Waals surface area contributed by atoms with Gasteiger partial charge < -0.3 is 24.4 Å². The van der Waals surface area contributed by atoms with E-state index >= 15 is 0 Å². The van der Waals surface area contributed by atoms with Gasteiger partial charge in [0.15, 0.2) is 12.4 Å². The second-order valence-electron chi connectivity index (χ2n) is 4.48. The summed E-state index contributed by atoms with van der Waals surface area (Å²) < 4.78 is 15.5. The highest BCUT2D eigenvalue weighted by Gasteiger charge is 2.46. The Bertz CT molecular complexity index is 269. The van der Waals surface area contributed by atoms with E-state index in [2.05, 4.69) is 0 Å². The van der Waals surface area contributed by atoms with E-state index in [1.807, 2.05) is 6.92 Å². The molecule has 18 heavy (non-hydrogen) atoms. The van der Waals surface area contributed by atoms with Crippen molar-refractivity contribution in [2.45, 2.75) is 63.8 Å². The summed E-state index contributed by atoms with van der Waals surface area (Å²) in [6, 6.07) is 0. The van der Waals surface area contributed by atoms with E-state index in [9.17, 15) is 15.0 Å². The van der Waals surface area contributed by atoms with Crippen LogP contribution < -0.4 is 0 Å². The van der Waals surface area contributed by atoms with Gasteiger partial charge in [0.25, 0.3) is 0 Å². The van der Waals surface area contributed by atoms with E-state index in [1.165, 1.54) is 14.0 Å². The molecule has 1 rings (SSSR count). The van der Waals surface area contributed by atoms with Crippen LogP contribution in [-0.4, -0.2) is 54.0 Å². The van der Waals surface area contributed by atoms with Crippen LogP contribution >= 0.6 is 0 Å².